The van der Waals surface area contributed by atoms with Gasteiger partial charge in [-0.1, -0.05) is 12.1 Å². The first kappa shape index (κ1) is 18.1. The van der Waals surface area contributed by atoms with E-state index in [2.05, 4.69) is 10.1 Å². The predicted octanol–water partition coefficient (Wildman–Crippen LogP) is 3.52. The highest BCUT2D eigenvalue weighted by Crippen LogP contribution is 2.26. The van der Waals surface area contributed by atoms with Crippen LogP contribution in [0.25, 0.3) is 0 Å². The summed E-state index contributed by atoms with van der Waals surface area (Å²) >= 11 is 0. The number of aryl methyl sites for hydroxylation is 1. The third kappa shape index (κ3) is 5.13. The molecule has 0 aromatic heterocycles. The molecule has 2 rings (SSSR count). The van der Waals surface area contributed by atoms with Crippen LogP contribution in [0.3, 0.4) is 0 Å². The Bertz CT molecular complexity index is 783. The van der Waals surface area contributed by atoms with Crippen molar-refractivity contribution in [1.29, 1.82) is 0 Å². The quantitative estimate of drug-likeness (QED) is 0.608. The van der Waals surface area contributed by atoms with E-state index in [9.17, 15) is 23.7 Å². The molecule has 0 unspecified atom stereocenters. The number of hydrogen-bond acceptors (Lipinski definition) is 5. The Kier molecular flexibility index (Phi) is 5.83. The summed E-state index contributed by atoms with van der Waals surface area (Å²) in [5.41, 5.74) is 0.407. The molecule has 25 heavy (non-hydrogen) atoms. The number of rotatable bonds is 7. The summed E-state index contributed by atoms with van der Waals surface area (Å²) in [6, 6.07) is 9.81. The van der Waals surface area contributed by atoms with Gasteiger partial charge in [0.05, 0.1) is 10.6 Å². The fourth-order valence-electron chi connectivity index (χ4n) is 2.03. The van der Waals surface area contributed by atoms with Gasteiger partial charge in [-0.3, -0.25) is 14.9 Å². The molecule has 9 heteroatoms. The molecular formula is C16H14F2N2O5. The molecule has 0 saturated carbocycles. The van der Waals surface area contributed by atoms with Gasteiger partial charge in [0.2, 0.25) is 0 Å². The second kappa shape index (κ2) is 8.04. The van der Waals surface area contributed by atoms with E-state index in [1.54, 1.807) is 13.0 Å². The molecule has 0 spiro atoms. The normalized spacial score (nSPS) is 10.4. The molecule has 0 aliphatic heterocycles. The molecule has 2 aromatic rings. The topological polar surface area (TPSA) is 90.7 Å². The van der Waals surface area contributed by atoms with Gasteiger partial charge in [-0.2, -0.15) is 8.78 Å². The predicted molar refractivity (Wildman–Crippen MR) is 85.0 cm³/mol. The number of anilines is 1. The summed E-state index contributed by atoms with van der Waals surface area (Å²) in [5, 5.41) is 13.1. The maximum atomic E-state index is 12.3. The molecule has 2 aromatic carbocycles. The highest BCUT2D eigenvalue weighted by Gasteiger charge is 2.13. The van der Waals surface area contributed by atoms with Crippen LogP contribution in [-0.4, -0.2) is 24.0 Å². The van der Waals surface area contributed by atoms with Crippen LogP contribution >= 0.6 is 0 Å². The summed E-state index contributed by atoms with van der Waals surface area (Å²) in [6.45, 7) is -1.87. The molecule has 0 fully saturated rings. The van der Waals surface area contributed by atoms with Gasteiger partial charge in [0.15, 0.2) is 6.61 Å². The summed E-state index contributed by atoms with van der Waals surface area (Å²) in [6.07, 6.45) is 0. The van der Waals surface area contributed by atoms with Crippen molar-refractivity contribution >= 4 is 17.3 Å². The monoisotopic (exact) mass is 352 g/mol. The zero-order chi connectivity index (χ0) is 18.4. The average Bonchev–Trinajstić information content (AvgIpc) is 2.54. The Morgan fingerprint density at radius 2 is 2.00 bits per heavy atom. The van der Waals surface area contributed by atoms with Gasteiger partial charge >= 0.3 is 6.61 Å². The van der Waals surface area contributed by atoms with E-state index in [0.29, 0.717) is 5.56 Å². The van der Waals surface area contributed by atoms with Crippen LogP contribution in [0, 0.1) is 17.0 Å². The highest BCUT2D eigenvalue weighted by molar-refractivity contribution is 5.93. The Balaban J connectivity index is 1.98. The lowest BCUT2D eigenvalue weighted by Gasteiger charge is -2.12. The van der Waals surface area contributed by atoms with E-state index in [4.69, 9.17) is 4.74 Å². The van der Waals surface area contributed by atoms with Crippen LogP contribution in [0.1, 0.15) is 5.56 Å². The van der Waals surface area contributed by atoms with Crippen molar-refractivity contribution in [3.05, 3.63) is 58.1 Å². The second-order valence-electron chi connectivity index (χ2n) is 4.92. The number of nitrogens with zero attached hydrogens (tertiary/aromatic N) is 1. The van der Waals surface area contributed by atoms with Crippen molar-refractivity contribution in [2.75, 3.05) is 11.9 Å². The molecule has 7 nitrogen and oxygen atoms in total. The van der Waals surface area contributed by atoms with Gasteiger partial charge in [-0.25, -0.2) is 0 Å². The van der Waals surface area contributed by atoms with Crippen LogP contribution in [0.4, 0.5) is 20.2 Å². The van der Waals surface area contributed by atoms with Gasteiger partial charge in [0.1, 0.15) is 11.5 Å². The fraction of sp³-hybridized carbons (Fsp3) is 0.188. The minimum Gasteiger partial charge on any atom is -0.484 e. The number of alkyl halides is 2. The first-order chi connectivity index (χ1) is 11.9. The maximum absolute atomic E-state index is 12.3. The van der Waals surface area contributed by atoms with E-state index >= 15 is 0 Å². The number of nitro benzene ring substituents is 1. The average molecular weight is 352 g/mol. The third-order valence-electron chi connectivity index (χ3n) is 3.11. The van der Waals surface area contributed by atoms with Crippen molar-refractivity contribution < 1.29 is 28.0 Å². The Hall–Kier alpha value is -3.23. The third-order valence-corrected chi connectivity index (χ3v) is 3.11. The Labute approximate surface area is 141 Å². The van der Waals surface area contributed by atoms with E-state index in [1.165, 1.54) is 36.4 Å². The lowest BCUT2D eigenvalue weighted by atomic mass is 10.2. The minimum atomic E-state index is -3.02. The molecule has 1 amide bonds. The number of para-hydroxylation sites is 2. The number of benzene rings is 2. The molecule has 132 valence electrons. The number of amides is 1. The zero-order valence-corrected chi connectivity index (χ0v) is 13.1. The first-order valence-corrected chi connectivity index (χ1v) is 7.08. The second-order valence-corrected chi connectivity index (χ2v) is 4.92. The van der Waals surface area contributed by atoms with Crippen LogP contribution in [0.15, 0.2) is 42.5 Å². The van der Waals surface area contributed by atoms with Gasteiger partial charge in [0.25, 0.3) is 11.6 Å². The van der Waals surface area contributed by atoms with Crippen LogP contribution < -0.4 is 14.8 Å². The molecule has 0 atom stereocenters. The van der Waals surface area contributed by atoms with E-state index in [0.717, 1.165) is 0 Å². The summed E-state index contributed by atoms with van der Waals surface area (Å²) in [7, 11) is 0. The van der Waals surface area contributed by atoms with Crippen LogP contribution in [0.2, 0.25) is 0 Å². The van der Waals surface area contributed by atoms with E-state index in [-0.39, 0.29) is 22.9 Å². The Morgan fingerprint density at radius 3 is 2.64 bits per heavy atom. The van der Waals surface area contributed by atoms with Gasteiger partial charge in [0, 0.05) is 11.6 Å². The number of carbonyl (C=O) groups is 1. The standard InChI is InChI=1S/C16H14F2N2O5/c1-10-8-11(6-7-13(10)20(22)23)24-9-15(21)19-12-4-2-3-5-14(12)25-16(17)18/h2-8,16H,9H2,1H3,(H,19,21). The fourth-order valence-corrected chi connectivity index (χ4v) is 2.03. The molecule has 0 bridgehead atoms. The van der Waals surface area contributed by atoms with Gasteiger partial charge < -0.3 is 14.8 Å². The number of ether oxygens (including phenoxy) is 2. The smallest absolute Gasteiger partial charge is 0.387 e. The van der Waals surface area contributed by atoms with Crippen LogP contribution in [0.5, 0.6) is 11.5 Å². The number of nitro groups is 1. The number of carbonyl (C=O) groups excluding carboxylic acids is 1. The highest BCUT2D eigenvalue weighted by atomic mass is 19.3. The number of hydrogen-bond donors (Lipinski definition) is 1. The molecule has 0 aliphatic rings. The molecule has 0 aliphatic carbocycles. The van der Waals surface area contributed by atoms with Crippen molar-refractivity contribution in [2.45, 2.75) is 13.5 Å². The molecule has 0 radical (unpaired) electrons. The van der Waals surface area contributed by atoms with Gasteiger partial charge in [-0.15, -0.1) is 0 Å². The lowest BCUT2D eigenvalue weighted by Crippen LogP contribution is -2.21. The van der Waals surface area contributed by atoms with Crippen molar-refractivity contribution in [1.82, 2.24) is 0 Å². The molecule has 0 heterocycles. The lowest BCUT2D eigenvalue weighted by molar-refractivity contribution is -0.385. The largest absolute Gasteiger partial charge is 0.484 e. The summed E-state index contributed by atoms with van der Waals surface area (Å²) < 4.78 is 34.2. The van der Waals surface area contributed by atoms with Gasteiger partial charge in [-0.05, 0) is 31.2 Å². The van der Waals surface area contributed by atoms with E-state index in [1.807, 2.05) is 0 Å². The first-order valence-electron chi connectivity index (χ1n) is 7.08. The summed E-state index contributed by atoms with van der Waals surface area (Å²) in [4.78, 5) is 22.1. The van der Waals surface area contributed by atoms with Crippen molar-refractivity contribution in [3.8, 4) is 11.5 Å². The summed E-state index contributed by atoms with van der Waals surface area (Å²) in [5.74, 6) is -0.492. The van der Waals surface area contributed by atoms with Crippen molar-refractivity contribution in [3.63, 3.8) is 0 Å². The Morgan fingerprint density at radius 1 is 1.28 bits per heavy atom. The maximum Gasteiger partial charge on any atom is 0.387 e. The molecule has 1 N–H and O–H groups in total. The minimum absolute atomic E-state index is 0.0603. The number of nitrogens with one attached hydrogen (secondary N) is 1. The van der Waals surface area contributed by atoms with E-state index < -0.39 is 24.0 Å². The van der Waals surface area contributed by atoms with Crippen molar-refractivity contribution in [2.24, 2.45) is 0 Å². The number of halogens is 2. The van der Waals surface area contributed by atoms with Crippen LogP contribution in [-0.2, 0) is 4.79 Å². The SMILES string of the molecule is Cc1cc(OCC(=O)Nc2ccccc2OC(F)F)ccc1[N+](=O)[O-]. The zero-order valence-electron chi connectivity index (χ0n) is 13.1. The molecule has 0 saturated heterocycles. The molecular weight excluding hydrogens is 338 g/mol.